The Kier molecular flexibility index (Phi) is 3.60. The number of fused-ring (bicyclic) bond motifs is 1. The molecule has 0 saturated heterocycles. The Balaban J connectivity index is 1.88. The minimum atomic E-state index is -0.315. The topological polar surface area (TPSA) is 35.1 Å². The van der Waals surface area contributed by atoms with Crippen LogP contribution in [0.4, 0.5) is 0 Å². The number of benzene rings is 2. The molecule has 2 aliphatic rings. The fourth-order valence-corrected chi connectivity index (χ4v) is 2.80. The third kappa shape index (κ3) is 2.57. The van der Waals surface area contributed by atoms with Crippen LogP contribution < -0.4 is 5.63 Å². The fraction of sp³-hybridized carbons (Fsp3) is 0. The van der Waals surface area contributed by atoms with Crippen LogP contribution in [-0.2, 0) is 0 Å². The molecule has 2 aromatic rings. The summed E-state index contributed by atoms with van der Waals surface area (Å²) in [6.45, 7) is 0. The predicted octanol–water partition coefficient (Wildman–Crippen LogP) is 4.84. The minimum Gasteiger partial charge on any atom is -0.421 e. The molecule has 4 rings (SSSR count). The van der Waals surface area contributed by atoms with Gasteiger partial charge in [0.2, 0.25) is 0 Å². The van der Waals surface area contributed by atoms with Gasteiger partial charge in [0.25, 0.3) is 0 Å². The van der Waals surface area contributed by atoms with Gasteiger partial charge in [0.1, 0.15) is 5.69 Å². The first-order chi connectivity index (χ1) is 11.8. The molecule has 3 heteroatoms. The van der Waals surface area contributed by atoms with Gasteiger partial charge in [-0.3, -0.25) is 0 Å². The smallest absolute Gasteiger partial charge is 0.346 e. The normalized spacial score (nSPS) is 11.3. The largest absolute Gasteiger partial charge is 0.421 e. The number of aromatic nitrogens is 1. The Morgan fingerprint density at radius 2 is 1.54 bits per heavy atom. The molecular weight excluding hydrogens is 298 g/mol. The number of pyridine rings is 1. The molecule has 0 unspecified atom stereocenters. The zero-order valence-electron chi connectivity index (χ0n) is 12.9. The second-order valence-electron chi connectivity index (χ2n) is 5.49. The van der Waals surface area contributed by atoms with Crippen molar-refractivity contribution in [2.45, 2.75) is 0 Å². The molecule has 0 atom stereocenters. The van der Waals surface area contributed by atoms with Gasteiger partial charge in [0, 0.05) is 12.4 Å². The number of nitrogens with zero attached hydrogens (tertiary/aromatic N) is 1. The van der Waals surface area contributed by atoms with Crippen molar-refractivity contribution >= 4 is 12.3 Å². The molecule has 0 bridgehead atoms. The standard InChI is InChI=1S/C21H15NO2/c23-21-19(17-10-5-2-6-11-17)20-18(24-21)12-7-14-22(20)15-13-16-8-3-1-4-9-16/h1-15H/b15-13+. The van der Waals surface area contributed by atoms with Crippen LogP contribution in [0.3, 0.4) is 0 Å². The van der Waals surface area contributed by atoms with Crippen molar-refractivity contribution in [2.75, 3.05) is 0 Å². The highest BCUT2D eigenvalue weighted by molar-refractivity contribution is 5.81. The Morgan fingerprint density at radius 1 is 0.833 bits per heavy atom. The van der Waals surface area contributed by atoms with Crippen molar-refractivity contribution in [2.24, 2.45) is 0 Å². The average Bonchev–Trinajstić information content (AvgIpc) is 2.98. The molecule has 3 nitrogen and oxygen atoms in total. The Morgan fingerprint density at radius 3 is 2.29 bits per heavy atom. The quantitative estimate of drug-likeness (QED) is 0.542. The maximum absolute atomic E-state index is 12.4. The Bertz CT molecular complexity index is 1010. The van der Waals surface area contributed by atoms with E-state index in [2.05, 4.69) is 0 Å². The summed E-state index contributed by atoms with van der Waals surface area (Å²) in [7, 11) is 0. The van der Waals surface area contributed by atoms with Gasteiger partial charge in [-0.25, -0.2) is 4.79 Å². The van der Waals surface area contributed by atoms with Crippen LogP contribution in [0.5, 0.6) is 0 Å². The van der Waals surface area contributed by atoms with Crippen molar-refractivity contribution in [1.29, 1.82) is 0 Å². The van der Waals surface area contributed by atoms with E-state index in [1.54, 1.807) is 0 Å². The highest BCUT2D eigenvalue weighted by Gasteiger charge is 2.21. The lowest BCUT2D eigenvalue weighted by Gasteiger charge is -2.08. The van der Waals surface area contributed by atoms with Gasteiger partial charge in [-0.05, 0) is 29.3 Å². The van der Waals surface area contributed by atoms with E-state index in [4.69, 9.17) is 4.42 Å². The molecule has 116 valence electrons. The van der Waals surface area contributed by atoms with Gasteiger partial charge < -0.3 is 8.98 Å². The van der Waals surface area contributed by atoms with Crippen molar-refractivity contribution < 1.29 is 4.42 Å². The maximum atomic E-state index is 12.4. The third-order valence-electron chi connectivity index (χ3n) is 3.92. The van der Waals surface area contributed by atoms with E-state index in [0.29, 0.717) is 11.3 Å². The van der Waals surface area contributed by atoms with Crippen molar-refractivity contribution in [1.82, 2.24) is 4.57 Å². The monoisotopic (exact) mass is 313 g/mol. The van der Waals surface area contributed by atoms with E-state index in [-0.39, 0.29) is 5.63 Å². The van der Waals surface area contributed by atoms with E-state index < -0.39 is 0 Å². The summed E-state index contributed by atoms with van der Waals surface area (Å²) >= 11 is 0. The summed E-state index contributed by atoms with van der Waals surface area (Å²) in [4.78, 5) is 12.4. The molecule has 0 spiro atoms. The first-order valence-corrected chi connectivity index (χ1v) is 7.75. The molecule has 0 aromatic heterocycles. The SMILES string of the molecule is O=c1oc2cccn(/C=C/c3ccccc3)c-2c1-c1ccccc1. The predicted molar refractivity (Wildman–Crippen MR) is 96.7 cm³/mol. The zero-order chi connectivity index (χ0) is 16.4. The maximum Gasteiger partial charge on any atom is 0.346 e. The van der Waals surface area contributed by atoms with Gasteiger partial charge in [-0.1, -0.05) is 60.7 Å². The van der Waals surface area contributed by atoms with Gasteiger partial charge in [0.05, 0.1) is 5.56 Å². The number of furan rings is 1. The van der Waals surface area contributed by atoms with Crippen molar-refractivity contribution in [3.05, 3.63) is 95.0 Å². The molecule has 24 heavy (non-hydrogen) atoms. The van der Waals surface area contributed by atoms with E-state index in [1.165, 1.54) is 0 Å². The Labute approximate surface area is 139 Å². The molecule has 0 amide bonds. The first-order valence-electron chi connectivity index (χ1n) is 7.75. The zero-order valence-corrected chi connectivity index (χ0v) is 12.9. The second-order valence-corrected chi connectivity index (χ2v) is 5.49. The summed E-state index contributed by atoms with van der Waals surface area (Å²) in [5.74, 6) is 0.582. The number of hydrogen-bond acceptors (Lipinski definition) is 2. The van der Waals surface area contributed by atoms with Crippen LogP contribution in [0.15, 0.2) is 88.2 Å². The van der Waals surface area contributed by atoms with Crippen LogP contribution in [0.2, 0.25) is 0 Å². The van der Waals surface area contributed by atoms with Crippen molar-refractivity contribution in [3.8, 4) is 22.6 Å². The van der Waals surface area contributed by atoms with Gasteiger partial charge in [-0.15, -0.1) is 0 Å². The molecule has 0 fully saturated rings. The van der Waals surface area contributed by atoms with Gasteiger partial charge >= 0.3 is 5.63 Å². The summed E-state index contributed by atoms with van der Waals surface area (Å²) < 4.78 is 7.36. The molecule has 2 aliphatic heterocycles. The van der Waals surface area contributed by atoms with E-state index >= 15 is 0 Å². The highest BCUT2D eigenvalue weighted by Crippen LogP contribution is 2.32. The molecule has 0 N–H and O–H groups in total. The van der Waals surface area contributed by atoms with Crippen LogP contribution in [-0.4, -0.2) is 4.57 Å². The third-order valence-corrected chi connectivity index (χ3v) is 3.92. The van der Waals surface area contributed by atoms with Crippen molar-refractivity contribution in [3.63, 3.8) is 0 Å². The summed E-state index contributed by atoms with van der Waals surface area (Å²) in [6.07, 6.45) is 5.87. The van der Waals surface area contributed by atoms with E-state index in [0.717, 1.165) is 16.8 Å². The number of rotatable bonds is 3. The number of hydrogen-bond donors (Lipinski definition) is 0. The lowest BCUT2D eigenvalue weighted by atomic mass is 10.1. The van der Waals surface area contributed by atoms with Gasteiger partial charge in [-0.2, -0.15) is 0 Å². The van der Waals surface area contributed by atoms with Gasteiger partial charge in [0.15, 0.2) is 5.76 Å². The lowest BCUT2D eigenvalue weighted by Crippen LogP contribution is -1.99. The molecule has 0 saturated carbocycles. The molecule has 2 aromatic carbocycles. The summed E-state index contributed by atoms with van der Waals surface area (Å²) in [5, 5.41) is 0. The van der Waals surface area contributed by atoms with Crippen LogP contribution in [0.1, 0.15) is 5.56 Å². The summed E-state index contributed by atoms with van der Waals surface area (Å²) in [6, 6.07) is 23.3. The highest BCUT2D eigenvalue weighted by atomic mass is 16.4. The van der Waals surface area contributed by atoms with E-state index in [1.807, 2.05) is 95.8 Å². The first kappa shape index (κ1) is 14.3. The summed E-state index contributed by atoms with van der Waals surface area (Å²) in [5.41, 5.74) is 3.00. The molecular formula is C21H15NO2. The molecule has 0 aliphatic carbocycles. The van der Waals surface area contributed by atoms with Crippen LogP contribution in [0, 0.1) is 0 Å². The minimum absolute atomic E-state index is 0.315. The molecule has 2 heterocycles. The Hall–Kier alpha value is -3.33. The van der Waals surface area contributed by atoms with E-state index in [9.17, 15) is 4.79 Å². The second kappa shape index (κ2) is 6.05. The fourth-order valence-electron chi connectivity index (χ4n) is 2.80. The average molecular weight is 313 g/mol. The van der Waals surface area contributed by atoms with Crippen LogP contribution >= 0.6 is 0 Å². The lowest BCUT2D eigenvalue weighted by molar-refractivity contribution is 0.544. The molecule has 0 radical (unpaired) electrons. The van der Waals surface area contributed by atoms with Crippen LogP contribution in [0.25, 0.3) is 34.9 Å².